The van der Waals surface area contributed by atoms with Gasteiger partial charge in [0.2, 0.25) is 0 Å². The number of nitrogens with one attached hydrogen (secondary N) is 1. The van der Waals surface area contributed by atoms with Crippen LogP contribution in [-0.4, -0.2) is 45.8 Å². The maximum atomic E-state index is 14.1. The average Bonchev–Trinajstić information content (AvgIpc) is 3.49. The summed E-state index contributed by atoms with van der Waals surface area (Å²) in [5, 5.41) is 7.96. The Kier molecular flexibility index (Phi) is 6.04. The van der Waals surface area contributed by atoms with Crippen LogP contribution in [0.1, 0.15) is 41.6 Å². The number of aromatic nitrogens is 3. The zero-order chi connectivity index (χ0) is 25.4. The number of hydrogen-bond donors (Lipinski definition) is 1. The summed E-state index contributed by atoms with van der Waals surface area (Å²) >= 11 is 0. The van der Waals surface area contributed by atoms with E-state index in [9.17, 15) is 4.79 Å². The van der Waals surface area contributed by atoms with Crippen LogP contribution in [0.3, 0.4) is 0 Å². The Morgan fingerprint density at radius 1 is 1.08 bits per heavy atom. The lowest BCUT2D eigenvalue weighted by molar-refractivity contribution is 0.0731. The molecule has 6 rings (SSSR count). The second-order valence-corrected chi connectivity index (χ2v) is 9.64. The minimum atomic E-state index is 0.0645. The van der Waals surface area contributed by atoms with Crippen LogP contribution in [0.25, 0.3) is 27.7 Å². The van der Waals surface area contributed by atoms with Crippen LogP contribution in [0.5, 0.6) is 5.75 Å². The van der Waals surface area contributed by atoms with E-state index in [4.69, 9.17) is 9.47 Å². The number of nitrogens with zero attached hydrogens (tertiary/aromatic N) is 3. The van der Waals surface area contributed by atoms with E-state index in [1.54, 1.807) is 14.2 Å². The summed E-state index contributed by atoms with van der Waals surface area (Å²) in [4.78, 5) is 16.1. The van der Waals surface area contributed by atoms with Crippen LogP contribution < -0.4 is 4.74 Å². The van der Waals surface area contributed by atoms with Crippen LogP contribution in [0.15, 0.2) is 79.0 Å². The summed E-state index contributed by atoms with van der Waals surface area (Å²) in [6.07, 6.45) is 13.6. The molecule has 2 aliphatic carbocycles. The SMILES string of the molecule is COC1=CC=C(n2cc(C(=O)N(Cc3cccc(OC)c3)C3CC3)c3ccc(-c4cn[nH]c4)cc32)CC1. The Morgan fingerprint density at radius 3 is 2.68 bits per heavy atom. The topological polar surface area (TPSA) is 72.4 Å². The van der Waals surface area contributed by atoms with E-state index >= 15 is 0 Å². The number of allylic oxidation sites excluding steroid dienone is 4. The molecular weight excluding hydrogens is 464 g/mol. The van der Waals surface area contributed by atoms with Crippen molar-refractivity contribution in [2.24, 2.45) is 0 Å². The van der Waals surface area contributed by atoms with Gasteiger partial charge in [-0.1, -0.05) is 24.3 Å². The van der Waals surface area contributed by atoms with Gasteiger partial charge in [0.25, 0.3) is 5.91 Å². The van der Waals surface area contributed by atoms with Crippen LogP contribution >= 0.6 is 0 Å². The van der Waals surface area contributed by atoms with Crippen molar-refractivity contribution in [1.29, 1.82) is 0 Å². The zero-order valence-corrected chi connectivity index (χ0v) is 21.1. The molecule has 7 heteroatoms. The Hall–Kier alpha value is -4.26. The summed E-state index contributed by atoms with van der Waals surface area (Å²) in [5.41, 5.74) is 6.02. The van der Waals surface area contributed by atoms with Crippen LogP contribution in [0.4, 0.5) is 0 Å². The minimum Gasteiger partial charge on any atom is -0.501 e. The average molecular weight is 495 g/mol. The molecule has 0 unspecified atom stereocenters. The molecule has 0 spiro atoms. The Bertz CT molecular complexity index is 1510. The Balaban J connectivity index is 1.43. The molecule has 2 aliphatic rings. The van der Waals surface area contributed by atoms with Crippen molar-refractivity contribution >= 4 is 22.5 Å². The first kappa shape index (κ1) is 23.2. The monoisotopic (exact) mass is 494 g/mol. The maximum absolute atomic E-state index is 14.1. The summed E-state index contributed by atoms with van der Waals surface area (Å²) in [6, 6.07) is 14.5. The normalized spacial score (nSPS) is 15.3. The van der Waals surface area contributed by atoms with Gasteiger partial charge >= 0.3 is 0 Å². The summed E-state index contributed by atoms with van der Waals surface area (Å²) in [5.74, 6) is 1.83. The molecule has 1 fully saturated rings. The van der Waals surface area contributed by atoms with Gasteiger partial charge in [0, 0.05) is 48.0 Å². The van der Waals surface area contributed by atoms with Gasteiger partial charge in [0.1, 0.15) is 5.75 Å². The Morgan fingerprint density at radius 2 is 1.97 bits per heavy atom. The lowest BCUT2D eigenvalue weighted by Crippen LogP contribution is -2.32. The molecule has 1 saturated carbocycles. The number of carbonyl (C=O) groups is 1. The van der Waals surface area contributed by atoms with Gasteiger partial charge in [-0.05, 0) is 60.7 Å². The zero-order valence-electron chi connectivity index (χ0n) is 21.1. The van der Waals surface area contributed by atoms with E-state index < -0.39 is 0 Å². The number of ether oxygens (including phenoxy) is 2. The third-order valence-corrected chi connectivity index (χ3v) is 7.26. The molecule has 2 heterocycles. The highest BCUT2D eigenvalue weighted by Gasteiger charge is 2.34. The molecule has 7 nitrogen and oxygen atoms in total. The van der Waals surface area contributed by atoms with E-state index in [2.05, 4.69) is 45.1 Å². The highest BCUT2D eigenvalue weighted by atomic mass is 16.5. The number of amides is 1. The number of hydrogen-bond acceptors (Lipinski definition) is 4. The number of carbonyl (C=O) groups excluding carboxylic acids is 1. The van der Waals surface area contributed by atoms with Crippen molar-refractivity contribution < 1.29 is 14.3 Å². The molecule has 2 aromatic heterocycles. The molecular formula is C30H30N4O3. The van der Waals surface area contributed by atoms with Gasteiger partial charge in [-0.25, -0.2) is 0 Å². The van der Waals surface area contributed by atoms with Crippen molar-refractivity contribution in [3.63, 3.8) is 0 Å². The van der Waals surface area contributed by atoms with Crippen molar-refractivity contribution in [3.05, 3.63) is 90.1 Å². The number of rotatable bonds is 8. The number of benzene rings is 2. The standard InChI is InChI=1S/C30H30N4O3/c1-36-25-11-9-23(10-12-25)33-19-28(27-13-6-21(15-29(27)33)22-16-31-32-17-22)30(35)34(24-7-8-24)18-20-4-3-5-26(14-20)37-2/h3-6,9,11,13-17,19,24H,7-8,10,12,18H2,1-2H3,(H,31,32). The van der Waals surface area contributed by atoms with E-state index in [0.717, 1.165) is 76.0 Å². The molecule has 37 heavy (non-hydrogen) atoms. The van der Waals surface area contributed by atoms with E-state index in [-0.39, 0.29) is 11.9 Å². The van der Waals surface area contributed by atoms with Crippen LogP contribution in [0, 0.1) is 0 Å². The van der Waals surface area contributed by atoms with Crippen molar-refractivity contribution in [3.8, 4) is 16.9 Å². The molecule has 1 N–H and O–H groups in total. The largest absolute Gasteiger partial charge is 0.501 e. The molecule has 188 valence electrons. The second kappa shape index (κ2) is 9.65. The molecule has 1 amide bonds. The number of methoxy groups -OCH3 is 2. The molecule has 2 aromatic carbocycles. The number of fused-ring (bicyclic) bond motifs is 1. The fourth-order valence-corrected chi connectivity index (χ4v) is 5.08. The first-order valence-corrected chi connectivity index (χ1v) is 12.7. The maximum Gasteiger partial charge on any atom is 0.256 e. The second-order valence-electron chi connectivity index (χ2n) is 9.64. The van der Waals surface area contributed by atoms with Crippen molar-refractivity contribution in [2.75, 3.05) is 14.2 Å². The lowest BCUT2D eigenvalue weighted by atomic mass is 10.0. The first-order valence-electron chi connectivity index (χ1n) is 12.7. The predicted octanol–water partition coefficient (Wildman–Crippen LogP) is 6.01. The lowest BCUT2D eigenvalue weighted by Gasteiger charge is -2.22. The number of aromatic amines is 1. The van der Waals surface area contributed by atoms with Gasteiger partial charge in [-0.3, -0.25) is 9.89 Å². The van der Waals surface area contributed by atoms with Crippen molar-refractivity contribution in [1.82, 2.24) is 19.7 Å². The summed E-state index contributed by atoms with van der Waals surface area (Å²) in [7, 11) is 3.37. The van der Waals surface area contributed by atoms with Crippen LogP contribution in [0.2, 0.25) is 0 Å². The summed E-state index contributed by atoms with van der Waals surface area (Å²) < 4.78 is 13.0. The molecule has 0 atom stereocenters. The predicted molar refractivity (Wildman–Crippen MR) is 144 cm³/mol. The Labute approximate surface area is 216 Å². The minimum absolute atomic E-state index is 0.0645. The van der Waals surface area contributed by atoms with E-state index in [1.807, 2.05) is 47.8 Å². The van der Waals surface area contributed by atoms with Gasteiger partial charge in [0.05, 0.1) is 37.3 Å². The van der Waals surface area contributed by atoms with Gasteiger partial charge in [0.15, 0.2) is 0 Å². The quantitative estimate of drug-likeness (QED) is 0.326. The van der Waals surface area contributed by atoms with Crippen LogP contribution in [-0.2, 0) is 11.3 Å². The smallest absolute Gasteiger partial charge is 0.256 e. The molecule has 4 aromatic rings. The molecule has 0 radical (unpaired) electrons. The van der Waals surface area contributed by atoms with E-state index in [1.165, 1.54) is 0 Å². The fraction of sp³-hybridized carbons (Fsp3) is 0.267. The third-order valence-electron chi connectivity index (χ3n) is 7.26. The van der Waals surface area contributed by atoms with E-state index in [0.29, 0.717) is 6.54 Å². The highest BCUT2D eigenvalue weighted by Crippen LogP contribution is 2.36. The molecule has 0 bridgehead atoms. The number of H-pyrrole nitrogens is 1. The fourth-order valence-electron chi connectivity index (χ4n) is 5.08. The third kappa shape index (κ3) is 4.53. The highest BCUT2D eigenvalue weighted by molar-refractivity contribution is 6.08. The van der Waals surface area contributed by atoms with Gasteiger partial charge in [-0.15, -0.1) is 0 Å². The first-order chi connectivity index (χ1) is 18.1. The summed E-state index contributed by atoms with van der Waals surface area (Å²) in [6.45, 7) is 0.559. The van der Waals surface area contributed by atoms with Gasteiger partial charge < -0.3 is 18.9 Å². The van der Waals surface area contributed by atoms with Crippen molar-refractivity contribution in [2.45, 2.75) is 38.3 Å². The van der Waals surface area contributed by atoms with Gasteiger partial charge in [-0.2, -0.15) is 5.10 Å². The molecule has 0 aliphatic heterocycles. The molecule has 0 saturated heterocycles.